The Kier molecular flexibility index (Phi) is 5.80. The molecule has 1 aromatic carbocycles. The minimum Gasteiger partial charge on any atom is -0.271 e. The summed E-state index contributed by atoms with van der Waals surface area (Å²) in [5.74, 6) is 5.63. The molecule has 2 rings (SSSR count). The molecule has 0 spiro atoms. The zero-order valence-electron chi connectivity index (χ0n) is 11.0. The highest BCUT2D eigenvalue weighted by Crippen LogP contribution is 2.26. The van der Waals surface area contributed by atoms with Gasteiger partial charge in [0.2, 0.25) is 0 Å². The molecule has 1 aromatic heterocycles. The van der Waals surface area contributed by atoms with Gasteiger partial charge in [-0.3, -0.25) is 16.3 Å². The Bertz CT molecular complexity index is 546. The van der Waals surface area contributed by atoms with Crippen LogP contribution < -0.4 is 11.3 Å². The van der Waals surface area contributed by atoms with Crippen molar-refractivity contribution >= 4 is 23.2 Å². The zero-order valence-corrected chi connectivity index (χ0v) is 12.5. The van der Waals surface area contributed by atoms with Gasteiger partial charge in [0, 0.05) is 18.4 Å². The number of nitrogens with zero attached hydrogens (tertiary/aromatic N) is 1. The molecule has 0 amide bonds. The van der Waals surface area contributed by atoms with Crippen LogP contribution in [-0.2, 0) is 12.8 Å². The van der Waals surface area contributed by atoms with E-state index in [-0.39, 0.29) is 6.04 Å². The van der Waals surface area contributed by atoms with E-state index < -0.39 is 0 Å². The zero-order chi connectivity index (χ0) is 14.4. The maximum Gasteiger partial charge on any atom is 0.0624 e. The third kappa shape index (κ3) is 4.18. The van der Waals surface area contributed by atoms with Gasteiger partial charge in [0.15, 0.2) is 0 Å². The Labute approximate surface area is 129 Å². The molecule has 0 aliphatic heterocycles. The van der Waals surface area contributed by atoms with Gasteiger partial charge >= 0.3 is 0 Å². The summed E-state index contributed by atoms with van der Waals surface area (Å²) in [6.07, 6.45) is 6.22. The maximum absolute atomic E-state index is 6.20. The van der Waals surface area contributed by atoms with Gasteiger partial charge in [-0.05, 0) is 42.5 Å². The second-order valence-electron chi connectivity index (χ2n) is 4.68. The molecule has 5 heteroatoms. The summed E-state index contributed by atoms with van der Waals surface area (Å²) >= 11 is 12.2. The molecule has 20 heavy (non-hydrogen) atoms. The Balaban J connectivity index is 1.97. The molecule has 106 valence electrons. The first-order chi connectivity index (χ1) is 9.70. The predicted octanol–water partition coefficient (Wildman–Crippen LogP) is 3.40. The van der Waals surface area contributed by atoms with Crippen LogP contribution >= 0.6 is 23.2 Å². The smallest absolute Gasteiger partial charge is 0.0624 e. The molecule has 0 radical (unpaired) electrons. The lowest BCUT2D eigenvalue weighted by Crippen LogP contribution is -2.37. The van der Waals surface area contributed by atoms with Crippen LogP contribution in [0.4, 0.5) is 0 Å². The summed E-state index contributed by atoms with van der Waals surface area (Å²) in [5, 5.41) is 1.18. The number of rotatable bonds is 6. The van der Waals surface area contributed by atoms with Crippen molar-refractivity contribution in [2.75, 3.05) is 0 Å². The lowest BCUT2D eigenvalue weighted by Gasteiger charge is -2.17. The summed E-state index contributed by atoms with van der Waals surface area (Å²) in [6.45, 7) is 0. The first-order valence-electron chi connectivity index (χ1n) is 6.48. The van der Waals surface area contributed by atoms with Gasteiger partial charge in [0.25, 0.3) is 0 Å². The first-order valence-corrected chi connectivity index (χ1v) is 7.24. The van der Waals surface area contributed by atoms with Gasteiger partial charge in [-0.25, -0.2) is 0 Å². The summed E-state index contributed by atoms with van der Waals surface area (Å²) < 4.78 is 0. The molecule has 0 saturated heterocycles. The lowest BCUT2D eigenvalue weighted by molar-refractivity contribution is 0.491. The molecule has 3 nitrogen and oxygen atoms in total. The highest BCUT2D eigenvalue weighted by molar-refractivity contribution is 6.42. The number of hydrazine groups is 1. The van der Waals surface area contributed by atoms with E-state index in [1.54, 1.807) is 12.3 Å². The molecule has 2 aromatic rings. The van der Waals surface area contributed by atoms with Crippen molar-refractivity contribution in [2.24, 2.45) is 5.84 Å². The van der Waals surface area contributed by atoms with E-state index in [9.17, 15) is 0 Å². The number of halogens is 2. The fraction of sp³-hybridized carbons (Fsp3) is 0.267. The molecule has 1 heterocycles. The molecule has 0 saturated carbocycles. The highest BCUT2D eigenvalue weighted by Gasteiger charge is 2.12. The normalized spacial score (nSPS) is 12.3. The van der Waals surface area contributed by atoms with Crippen LogP contribution in [0.3, 0.4) is 0 Å². The van der Waals surface area contributed by atoms with E-state index in [1.807, 2.05) is 24.4 Å². The fourth-order valence-corrected chi connectivity index (χ4v) is 2.50. The van der Waals surface area contributed by atoms with Crippen molar-refractivity contribution in [1.29, 1.82) is 0 Å². The van der Waals surface area contributed by atoms with Crippen LogP contribution in [-0.4, -0.2) is 11.0 Å². The highest BCUT2D eigenvalue weighted by atomic mass is 35.5. The first kappa shape index (κ1) is 15.3. The van der Waals surface area contributed by atoms with Crippen LogP contribution in [0.1, 0.15) is 17.5 Å². The molecule has 1 atom stereocenters. The lowest BCUT2D eigenvalue weighted by atomic mass is 10.00. The number of benzene rings is 1. The average Bonchev–Trinajstić information content (AvgIpc) is 2.49. The number of nitrogens with one attached hydrogen (secondary N) is 1. The summed E-state index contributed by atoms with van der Waals surface area (Å²) in [5.41, 5.74) is 5.05. The Hall–Kier alpha value is -1.13. The van der Waals surface area contributed by atoms with Gasteiger partial charge in [-0.15, -0.1) is 0 Å². The number of pyridine rings is 1. The van der Waals surface area contributed by atoms with Crippen LogP contribution in [0.15, 0.2) is 42.7 Å². The summed E-state index contributed by atoms with van der Waals surface area (Å²) in [7, 11) is 0. The van der Waals surface area contributed by atoms with Crippen LogP contribution in [0.5, 0.6) is 0 Å². The Morgan fingerprint density at radius 1 is 1.20 bits per heavy atom. The molecule has 0 bridgehead atoms. The minimum atomic E-state index is 0.145. The third-order valence-electron chi connectivity index (χ3n) is 3.24. The number of hydrogen-bond acceptors (Lipinski definition) is 3. The van der Waals surface area contributed by atoms with Crippen LogP contribution in [0.25, 0.3) is 0 Å². The van der Waals surface area contributed by atoms with Crippen LogP contribution in [0.2, 0.25) is 10.0 Å². The predicted molar refractivity (Wildman–Crippen MR) is 83.8 cm³/mol. The van der Waals surface area contributed by atoms with Crippen LogP contribution in [0, 0.1) is 0 Å². The van der Waals surface area contributed by atoms with E-state index >= 15 is 0 Å². The molecule has 0 aliphatic rings. The van der Waals surface area contributed by atoms with Crippen molar-refractivity contribution in [3.8, 4) is 0 Å². The second kappa shape index (κ2) is 7.60. The topological polar surface area (TPSA) is 50.9 Å². The van der Waals surface area contributed by atoms with Crippen molar-refractivity contribution in [3.63, 3.8) is 0 Å². The molecule has 1 unspecified atom stereocenters. The number of aryl methyl sites for hydroxylation is 1. The summed E-state index contributed by atoms with van der Waals surface area (Å²) in [4.78, 5) is 4.11. The molecular formula is C15H17Cl2N3. The van der Waals surface area contributed by atoms with E-state index in [0.717, 1.165) is 24.8 Å². The quantitative estimate of drug-likeness (QED) is 0.635. The van der Waals surface area contributed by atoms with Gasteiger partial charge in [-0.2, -0.15) is 0 Å². The van der Waals surface area contributed by atoms with Crippen molar-refractivity contribution in [2.45, 2.75) is 25.3 Å². The monoisotopic (exact) mass is 309 g/mol. The molecule has 0 aliphatic carbocycles. The average molecular weight is 310 g/mol. The number of hydrogen-bond donors (Lipinski definition) is 2. The Morgan fingerprint density at radius 2 is 2.05 bits per heavy atom. The van der Waals surface area contributed by atoms with E-state index in [0.29, 0.717) is 10.0 Å². The minimum absolute atomic E-state index is 0.145. The van der Waals surface area contributed by atoms with Crippen molar-refractivity contribution < 1.29 is 0 Å². The van der Waals surface area contributed by atoms with Gasteiger partial charge in [0.1, 0.15) is 0 Å². The van der Waals surface area contributed by atoms with E-state index in [4.69, 9.17) is 29.0 Å². The standard InChI is InChI=1S/C15H17Cl2N3/c16-14-5-1-4-12(15(14)17)9-13(20-18)7-6-11-3-2-8-19-10-11/h1-5,8,10,13,20H,6-7,9,18H2. The molecular weight excluding hydrogens is 293 g/mol. The van der Waals surface area contributed by atoms with Gasteiger partial charge in [0.05, 0.1) is 10.0 Å². The number of aromatic nitrogens is 1. The van der Waals surface area contributed by atoms with Gasteiger partial charge < -0.3 is 0 Å². The molecule has 0 fully saturated rings. The van der Waals surface area contributed by atoms with Crippen molar-refractivity contribution in [1.82, 2.24) is 10.4 Å². The second-order valence-corrected chi connectivity index (χ2v) is 5.47. The van der Waals surface area contributed by atoms with Crippen molar-refractivity contribution in [3.05, 3.63) is 63.9 Å². The SMILES string of the molecule is NNC(CCc1cccnc1)Cc1cccc(Cl)c1Cl. The maximum atomic E-state index is 6.20. The third-order valence-corrected chi connectivity index (χ3v) is 4.10. The molecule has 3 N–H and O–H groups in total. The van der Waals surface area contributed by atoms with Gasteiger partial charge in [-0.1, -0.05) is 41.4 Å². The number of nitrogens with two attached hydrogens (primary N) is 1. The van der Waals surface area contributed by atoms with E-state index in [1.165, 1.54) is 5.56 Å². The van der Waals surface area contributed by atoms with E-state index in [2.05, 4.69) is 16.5 Å². The Morgan fingerprint density at radius 3 is 2.75 bits per heavy atom. The summed E-state index contributed by atoms with van der Waals surface area (Å²) in [6, 6.07) is 9.81. The fourth-order valence-electron chi connectivity index (χ4n) is 2.10. The largest absolute Gasteiger partial charge is 0.271 e.